The molecule has 1 atom stereocenters. The van der Waals surface area contributed by atoms with Crippen LogP contribution in [-0.2, 0) is 16.2 Å². The van der Waals surface area contributed by atoms with Gasteiger partial charge in [0.25, 0.3) is 0 Å². The number of hydrogen-bond acceptors (Lipinski definition) is 3. The number of benzene rings is 2. The Morgan fingerprint density at radius 1 is 1.03 bits per heavy atom. The third-order valence-corrected chi connectivity index (χ3v) is 5.47. The average Bonchev–Trinajstić information content (AvgIpc) is 3.13. The van der Waals surface area contributed by atoms with Gasteiger partial charge in [-0.3, -0.25) is 9.52 Å². The maximum absolute atomic E-state index is 13.7. The Morgan fingerprint density at radius 2 is 1.61 bits per heavy atom. The van der Waals surface area contributed by atoms with Gasteiger partial charge in [0.2, 0.25) is 15.8 Å². The van der Waals surface area contributed by atoms with Gasteiger partial charge in [0.15, 0.2) is 0 Å². The summed E-state index contributed by atoms with van der Waals surface area (Å²) in [5, 5.41) is 0. The Labute approximate surface area is 178 Å². The van der Waals surface area contributed by atoms with E-state index < -0.39 is 33.5 Å². The highest BCUT2D eigenvalue weighted by Crippen LogP contribution is 2.38. The van der Waals surface area contributed by atoms with Gasteiger partial charge in [-0.15, -0.1) is 0 Å². The van der Waals surface area contributed by atoms with Crippen LogP contribution in [0.25, 0.3) is 0 Å². The third-order valence-electron chi connectivity index (χ3n) is 4.86. The molecule has 1 unspecified atom stereocenters. The second-order valence-electron chi connectivity index (χ2n) is 7.42. The quantitative estimate of drug-likeness (QED) is 0.513. The molecule has 0 fully saturated rings. The van der Waals surface area contributed by atoms with Crippen LogP contribution in [-0.4, -0.2) is 25.4 Å². The molecule has 31 heavy (non-hydrogen) atoms. The number of aromatic nitrogens is 1. The SMILES string of the molecule is Cc1ccc(C(=O)c2cc(C(F)(F)F)c(C(C)c3ccc(NS(C)(=O)=O)cc3)[nH]2)cc1. The van der Waals surface area contributed by atoms with Crippen LogP contribution < -0.4 is 4.72 Å². The van der Waals surface area contributed by atoms with Crippen LogP contribution in [0, 0.1) is 6.92 Å². The predicted molar refractivity (Wildman–Crippen MR) is 113 cm³/mol. The number of halogens is 3. The van der Waals surface area contributed by atoms with E-state index in [2.05, 4.69) is 9.71 Å². The molecule has 0 saturated carbocycles. The number of H-pyrrole nitrogens is 1. The van der Waals surface area contributed by atoms with Gasteiger partial charge in [-0.2, -0.15) is 13.2 Å². The van der Waals surface area contributed by atoms with Gasteiger partial charge in [-0.25, -0.2) is 8.42 Å². The van der Waals surface area contributed by atoms with E-state index in [-0.39, 0.29) is 17.0 Å². The van der Waals surface area contributed by atoms with Crippen molar-refractivity contribution in [3.63, 3.8) is 0 Å². The monoisotopic (exact) mass is 450 g/mol. The fourth-order valence-corrected chi connectivity index (χ4v) is 3.81. The largest absolute Gasteiger partial charge is 0.418 e. The molecule has 0 aliphatic rings. The molecular weight excluding hydrogens is 429 g/mol. The van der Waals surface area contributed by atoms with Crippen LogP contribution in [0.2, 0.25) is 0 Å². The molecule has 0 aliphatic carbocycles. The van der Waals surface area contributed by atoms with Crippen LogP contribution in [0.1, 0.15) is 51.3 Å². The summed E-state index contributed by atoms with van der Waals surface area (Å²) >= 11 is 0. The summed E-state index contributed by atoms with van der Waals surface area (Å²) < 4.78 is 66.0. The molecule has 9 heteroatoms. The fourth-order valence-electron chi connectivity index (χ4n) is 3.25. The number of nitrogens with one attached hydrogen (secondary N) is 2. The highest BCUT2D eigenvalue weighted by Gasteiger charge is 2.37. The van der Waals surface area contributed by atoms with E-state index in [1.807, 2.05) is 6.92 Å². The number of hydrogen-bond donors (Lipinski definition) is 2. The predicted octanol–water partition coefficient (Wildman–Crippen LogP) is 5.10. The molecule has 3 rings (SSSR count). The molecule has 0 saturated heterocycles. The number of ketones is 1. The summed E-state index contributed by atoms with van der Waals surface area (Å²) in [5.41, 5.74) is 0.865. The summed E-state index contributed by atoms with van der Waals surface area (Å²) in [6.45, 7) is 3.43. The lowest BCUT2D eigenvalue weighted by atomic mass is 9.95. The average molecular weight is 450 g/mol. The minimum Gasteiger partial charge on any atom is -0.355 e. The van der Waals surface area contributed by atoms with Gasteiger partial charge >= 0.3 is 6.18 Å². The van der Waals surface area contributed by atoms with Crippen molar-refractivity contribution in [1.82, 2.24) is 4.98 Å². The number of sulfonamides is 1. The van der Waals surface area contributed by atoms with E-state index in [0.29, 0.717) is 11.3 Å². The first-order valence-corrected chi connectivity index (χ1v) is 11.2. The minimum atomic E-state index is -4.65. The zero-order chi connectivity index (χ0) is 23.0. The van der Waals surface area contributed by atoms with E-state index >= 15 is 0 Å². The first-order chi connectivity index (χ1) is 14.3. The molecule has 1 heterocycles. The van der Waals surface area contributed by atoms with E-state index in [9.17, 15) is 26.4 Å². The number of carbonyl (C=O) groups is 1. The zero-order valence-corrected chi connectivity index (χ0v) is 17.9. The van der Waals surface area contributed by atoms with Crippen molar-refractivity contribution in [3.8, 4) is 0 Å². The Bertz CT molecular complexity index is 1200. The molecule has 0 radical (unpaired) electrons. The maximum atomic E-state index is 13.7. The highest BCUT2D eigenvalue weighted by molar-refractivity contribution is 7.92. The van der Waals surface area contributed by atoms with Gasteiger partial charge < -0.3 is 4.98 Å². The molecule has 0 bridgehead atoms. The van der Waals surface area contributed by atoms with E-state index in [1.54, 1.807) is 43.3 Å². The van der Waals surface area contributed by atoms with Crippen LogP contribution in [0.4, 0.5) is 18.9 Å². The van der Waals surface area contributed by atoms with Crippen molar-refractivity contribution in [1.29, 1.82) is 0 Å². The Hall–Kier alpha value is -3.07. The summed E-state index contributed by atoms with van der Waals surface area (Å²) in [5.74, 6) is -1.25. The molecule has 2 N–H and O–H groups in total. The Kier molecular flexibility index (Phi) is 6.00. The van der Waals surface area contributed by atoms with Crippen molar-refractivity contribution in [3.05, 3.63) is 88.2 Å². The van der Waals surface area contributed by atoms with Crippen LogP contribution >= 0.6 is 0 Å². The molecule has 5 nitrogen and oxygen atoms in total. The zero-order valence-electron chi connectivity index (χ0n) is 17.0. The molecule has 0 aliphatic heterocycles. The Morgan fingerprint density at radius 3 is 2.13 bits per heavy atom. The molecule has 164 valence electrons. The van der Waals surface area contributed by atoms with Crippen LogP contribution in [0.5, 0.6) is 0 Å². The lowest BCUT2D eigenvalue weighted by Crippen LogP contribution is -2.11. The normalized spacial score (nSPS) is 13.1. The number of rotatable bonds is 6. The number of aromatic amines is 1. The Balaban J connectivity index is 1.97. The van der Waals surface area contributed by atoms with Crippen LogP contribution in [0.3, 0.4) is 0 Å². The third kappa shape index (κ3) is 5.35. The van der Waals surface area contributed by atoms with Crippen molar-refractivity contribution in [2.75, 3.05) is 11.0 Å². The maximum Gasteiger partial charge on any atom is 0.418 e. The fraction of sp³-hybridized carbons (Fsp3) is 0.227. The minimum absolute atomic E-state index is 0.133. The van der Waals surface area contributed by atoms with E-state index in [1.165, 1.54) is 12.1 Å². The smallest absolute Gasteiger partial charge is 0.355 e. The number of anilines is 1. The summed E-state index contributed by atoms with van der Waals surface area (Å²) in [6.07, 6.45) is -3.64. The second-order valence-corrected chi connectivity index (χ2v) is 9.17. The van der Waals surface area contributed by atoms with Gasteiger partial charge in [0, 0.05) is 22.9 Å². The lowest BCUT2D eigenvalue weighted by molar-refractivity contribution is -0.138. The highest BCUT2D eigenvalue weighted by atomic mass is 32.2. The summed E-state index contributed by atoms with van der Waals surface area (Å²) in [4.78, 5) is 15.4. The van der Waals surface area contributed by atoms with Gasteiger partial charge in [0.1, 0.15) is 0 Å². The molecule has 2 aromatic carbocycles. The first-order valence-electron chi connectivity index (χ1n) is 9.34. The number of carbonyl (C=O) groups excluding carboxylic acids is 1. The van der Waals surface area contributed by atoms with Crippen molar-refractivity contribution < 1.29 is 26.4 Å². The number of alkyl halides is 3. The lowest BCUT2D eigenvalue weighted by Gasteiger charge is -2.15. The van der Waals surface area contributed by atoms with Crippen molar-refractivity contribution in [2.24, 2.45) is 0 Å². The van der Waals surface area contributed by atoms with Gasteiger partial charge in [0.05, 0.1) is 17.5 Å². The van der Waals surface area contributed by atoms with Crippen LogP contribution in [0.15, 0.2) is 54.6 Å². The summed E-state index contributed by atoms with van der Waals surface area (Å²) in [6, 6.07) is 13.5. The second kappa shape index (κ2) is 8.22. The molecule has 0 spiro atoms. The van der Waals surface area contributed by atoms with Gasteiger partial charge in [-0.1, -0.05) is 48.9 Å². The molecule has 0 amide bonds. The molecular formula is C22H21F3N2O3S. The number of aryl methyl sites for hydroxylation is 1. The van der Waals surface area contributed by atoms with Crippen molar-refractivity contribution in [2.45, 2.75) is 25.9 Å². The molecule has 3 aromatic rings. The van der Waals surface area contributed by atoms with Crippen molar-refractivity contribution >= 4 is 21.5 Å². The van der Waals surface area contributed by atoms with Gasteiger partial charge in [-0.05, 0) is 30.7 Å². The standard InChI is InChI=1S/C22H21F3N2O3S/c1-13-4-6-16(7-5-13)21(28)19-12-18(22(23,24)25)20(26-19)14(2)15-8-10-17(11-9-15)27-31(3,29)30/h4-12,14,26-27H,1-3H3. The summed E-state index contributed by atoms with van der Waals surface area (Å²) in [7, 11) is -3.47. The topological polar surface area (TPSA) is 79.0 Å². The molecule has 1 aromatic heterocycles. The van der Waals surface area contributed by atoms with E-state index in [4.69, 9.17) is 0 Å². The first kappa shape index (κ1) is 22.6. The van der Waals surface area contributed by atoms with E-state index in [0.717, 1.165) is 17.9 Å².